The van der Waals surface area contributed by atoms with Gasteiger partial charge in [0.25, 0.3) is 0 Å². The van der Waals surface area contributed by atoms with Gasteiger partial charge >= 0.3 is 0 Å². The standard InChI is InChI=1S/C10H14N2O/c1-7-4-12-8(5-11-7)10(13)6-9(10,2)3/h4-5,13H,6H2,1-3H3. The molecule has 13 heavy (non-hydrogen) atoms. The lowest BCUT2D eigenvalue weighted by molar-refractivity contribution is 0.103. The molecule has 0 aliphatic heterocycles. The summed E-state index contributed by atoms with van der Waals surface area (Å²) in [5, 5.41) is 10.1. The Balaban J connectivity index is 2.34. The molecule has 3 heteroatoms. The van der Waals surface area contributed by atoms with Crippen LogP contribution in [-0.4, -0.2) is 15.1 Å². The minimum atomic E-state index is -0.742. The lowest BCUT2D eigenvalue weighted by Crippen LogP contribution is -2.15. The van der Waals surface area contributed by atoms with E-state index in [1.165, 1.54) is 0 Å². The van der Waals surface area contributed by atoms with Crippen molar-refractivity contribution in [1.29, 1.82) is 0 Å². The van der Waals surface area contributed by atoms with Gasteiger partial charge in [0.1, 0.15) is 5.60 Å². The van der Waals surface area contributed by atoms with Crippen LogP contribution in [0, 0.1) is 12.3 Å². The first-order chi connectivity index (χ1) is 5.96. The molecule has 1 aliphatic rings. The monoisotopic (exact) mass is 178 g/mol. The van der Waals surface area contributed by atoms with E-state index in [4.69, 9.17) is 0 Å². The van der Waals surface area contributed by atoms with E-state index in [0.29, 0.717) is 5.69 Å². The van der Waals surface area contributed by atoms with Gasteiger partial charge in [-0.15, -0.1) is 0 Å². The summed E-state index contributed by atoms with van der Waals surface area (Å²) in [6.07, 6.45) is 4.14. The third-order valence-corrected chi connectivity index (χ3v) is 2.90. The van der Waals surface area contributed by atoms with E-state index in [9.17, 15) is 5.11 Å². The van der Waals surface area contributed by atoms with Gasteiger partial charge in [-0.05, 0) is 13.3 Å². The van der Waals surface area contributed by atoms with Gasteiger partial charge in [-0.3, -0.25) is 9.97 Å². The molecule has 70 valence electrons. The highest BCUT2D eigenvalue weighted by molar-refractivity contribution is 5.25. The smallest absolute Gasteiger partial charge is 0.114 e. The van der Waals surface area contributed by atoms with Crippen LogP contribution < -0.4 is 0 Å². The molecule has 1 saturated carbocycles. The number of rotatable bonds is 1. The summed E-state index contributed by atoms with van der Waals surface area (Å²) in [6.45, 7) is 5.96. The average molecular weight is 178 g/mol. The molecular weight excluding hydrogens is 164 g/mol. The summed E-state index contributed by atoms with van der Waals surface area (Å²) in [7, 11) is 0. The zero-order valence-corrected chi connectivity index (χ0v) is 8.20. The minimum Gasteiger partial charge on any atom is -0.383 e. The Kier molecular flexibility index (Phi) is 1.52. The fraction of sp³-hybridized carbons (Fsp3) is 0.600. The van der Waals surface area contributed by atoms with Crippen LogP contribution in [0.1, 0.15) is 31.7 Å². The fourth-order valence-corrected chi connectivity index (χ4v) is 1.64. The van der Waals surface area contributed by atoms with Crippen LogP contribution in [0.15, 0.2) is 12.4 Å². The highest BCUT2D eigenvalue weighted by Crippen LogP contribution is 2.61. The number of hydrogen-bond donors (Lipinski definition) is 1. The Morgan fingerprint density at radius 2 is 1.92 bits per heavy atom. The van der Waals surface area contributed by atoms with Crippen molar-refractivity contribution in [1.82, 2.24) is 9.97 Å². The predicted octanol–water partition coefficient (Wildman–Crippen LogP) is 1.40. The van der Waals surface area contributed by atoms with E-state index in [1.54, 1.807) is 12.4 Å². The Labute approximate surface area is 77.8 Å². The predicted molar refractivity (Wildman–Crippen MR) is 49.1 cm³/mol. The molecule has 1 unspecified atom stereocenters. The second kappa shape index (κ2) is 2.29. The summed E-state index contributed by atoms with van der Waals surface area (Å²) in [5.41, 5.74) is 0.791. The van der Waals surface area contributed by atoms with E-state index in [0.717, 1.165) is 12.1 Å². The summed E-state index contributed by atoms with van der Waals surface area (Å²) < 4.78 is 0. The van der Waals surface area contributed by atoms with E-state index in [2.05, 4.69) is 9.97 Å². The molecule has 1 aromatic rings. The molecule has 0 bridgehead atoms. The molecule has 1 N–H and O–H groups in total. The zero-order chi connectivity index (χ0) is 9.69. The van der Waals surface area contributed by atoms with Crippen molar-refractivity contribution in [3.05, 3.63) is 23.8 Å². The number of nitrogens with zero attached hydrogens (tertiary/aromatic N) is 2. The van der Waals surface area contributed by atoms with Crippen LogP contribution in [0.5, 0.6) is 0 Å². The number of aliphatic hydroxyl groups is 1. The van der Waals surface area contributed by atoms with Crippen molar-refractivity contribution in [2.24, 2.45) is 5.41 Å². The van der Waals surface area contributed by atoms with Gasteiger partial charge < -0.3 is 5.11 Å². The highest BCUT2D eigenvalue weighted by atomic mass is 16.3. The van der Waals surface area contributed by atoms with Crippen molar-refractivity contribution in [2.45, 2.75) is 32.8 Å². The molecule has 1 heterocycles. The largest absolute Gasteiger partial charge is 0.383 e. The lowest BCUT2D eigenvalue weighted by Gasteiger charge is -2.12. The fourth-order valence-electron chi connectivity index (χ4n) is 1.64. The first-order valence-corrected chi connectivity index (χ1v) is 4.47. The molecule has 1 aliphatic carbocycles. The van der Waals surface area contributed by atoms with E-state index < -0.39 is 5.60 Å². The Morgan fingerprint density at radius 1 is 1.31 bits per heavy atom. The van der Waals surface area contributed by atoms with Crippen LogP contribution in [0.25, 0.3) is 0 Å². The van der Waals surface area contributed by atoms with Crippen molar-refractivity contribution in [3.8, 4) is 0 Å². The highest BCUT2D eigenvalue weighted by Gasteiger charge is 2.62. The Bertz CT molecular complexity index is 331. The molecule has 3 nitrogen and oxygen atoms in total. The Morgan fingerprint density at radius 3 is 2.31 bits per heavy atom. The molecule has 2 rings (SSSR count). The molecule has 0 amide bonds. The number of hydrogen-bond acceptors (Lipinski definition) is 3. The second-order valence-electron chi connectivity index (χ2n) is 4.46. The normalized spacial score (nSPS) is 30.2. The Hall–Kier alpha value is -0.960. The summed E-state index contributed by atoms with van der Waals surface area (Å²) >= 11 is 0. The van der Waals surface area contributed by atoms with Crippen molar-refractivity contribution >= 4 is 0 Å². The van der Waals surface area contributed by atoms with Crippen LogP contribution in [0.4, 0.5) is 0 Å². The molecular formula is C10H14N2O. The molecule has 1 fully saturated rings. The maximum atomic E-state index is 10.1. The van der Waals surface area contributed by atoms with Crippen molar-refractivity contribution < 1.29 is 5.11 Å². The van der Waals surface area contributed by atoms with E-state index >= 15 is 0 Å². The molecule has 0 aromatic carbocycles. The van der Waals surface area contributed by atoms with E-state index in [-0.39, 0.29) is 5.41 Å². The topological polar surface area (TPSA) is 46.0 Å². The minimum absolute atomic E-state index is 0.0447. The lowest BCUT2D eigenvalue weighted by atomic mass is 10.1. The SMILES string of the molecule is Cc1cnc(C2(O)CC2(C)C)cn1. The van der Waals surface area contributed by atoms with Gasteiger partial charge in [0.05, 0.1) is 17.6 Å². The first-order valence-electron chi connectivity index (χ1n) is 4.47. The third-order valence-electron chi connectivity index (χ3n) is 2.90. The third kappa shape index (κ3) is 1.15. The van der Waals surface area contributed by atoms with Gasteiger partial charge in [0, 0.05) is 11.6 Å². The quantitative estimate of drug-likeness (QED) is 0.707. The van der Waals surface area contributed by atoms with E-state index in [1.807, 2.05) is 20.8 Å². The summed E-state index contributed by atoms with van der Waals surface area (Å²) in [6, 6.07) is 0. The van der Waals surface area contributed by atoms with Gasteiger partial charge in [-0.25, -0.2) is 0 Å². The van der Waals surface area contributed by atoms with Crippen LogP contribution in [0.3, 0.4) is 0 Å². The maximum Gasteiger partial charge on any atom is 0.114 e. The van der Waals surface area contributed by atoms with Crippen LogP contribution in [0.2, 0.25) is 0 Å². The average Bonchev–Trinajstić information content (AvgIpc) is 2.53. The molecule has 1 atom stereocenters. The van der Waals surface area contributed by atoms with Crippen molar-refractivity contribution in [3.63, 3.8) is 0 Å². The summed E-state index contributed by atoms with van der Waals surface area (Å²) in [4.78, 5) is 8.32. The zero-order valence-electron chi connectivity index (χ0n) is 8.20. The summed E-state index contributed by atoms with van der Waals surface area (Å²) in [5.74, 6) is 0. The van der Waals surface area contributed by atoms with Crippen molar-refractivity contribution in [2.75, 3.05) is 0 Å². The van der Waals surface area contributed by atoms with Gasteiger partial charge in [-0.2, -0.15) is 0 Å². The van der Waals surface area contributed by atoms with Crippen LogP contribution >= 0.6 is 0 Å². The number of aromatic nitrogens is 2. The maximum absolute atomic E-state index is 10.1. The van der Waals surface area contributed by atoms with Gasteiger partial charge in [-0.1, -0.05) is 13.8 Å². The second-order valence-corrected chi connectivity index (χ2v) is 4.46. The van der Waals surface area contributed by atoms with Crippen LogP contribution in [-0.2, 0) is 5.60 Å². The molecule has 1 aromatic heterocycles. The first kappa shape index (κ1) is 8.63. The molecule has 0 spiro atoms. The molecule has 0 radical (unpaired) electrons. The number of aryl methyl sites for hydroxylation is 1. The van der Waals surface area contributed by atoms with Gasteiger partial charge in [0.2, 0.25) is 0 Å². The van der Waals surface area contributed by atoms with Gasteiger partial charge in [0.15, 0.2) is 0 Å². The molecule has 0 saturated heterocycles.